The summed E-state index contributed by atoms with van der Waals surface area (Å²) in [7, 11) is 0. The van der Waals surface area contributed by atoms with Crippen molar-refractivity contribution in [2.24, 2.45) is 5.92 Å². The number of benzene rings is 1. The standard InChI is InChI=1S/C20H20FN5O3/c1-12-7-9-25(10-8-12)15-5-6-16(19(28)29)26-17(15)22-20(24-26)23-18(27)13-3-2-4-14(21)11-13/h2-6,11-12H,7-10H2,1H3,(H,28,29)(H,23,24,27). The van der Waals surface area contributed by atoms with Crippen LogP contribution in [0.1, 0.15) is 40.6 Å². The van der Waals surface area contributed by atoms with E-state index in [4.69, 9.17) is 0 Å². The lowest BCUT2D eigenvalue weighted by Crippen LogP contribution is -2.33. The van der Waals surface area contributed by atoms with Gasteiger partial charge in [-0.2, -0.15) is 4.98 Å². The van der Waals surface area contributed by atoms with E-state index in [0.29, 0.717) is 11.6 Å². The predicted octanol–water partition coefficient (Wildman–Crippen LogP) is 3.06. The van der Waals surface area contributed by atoms with Crippen molar-refractivity contribution >= 4 is 29.2 Å². The molecule has 0 unspecified atom stereocenters. The fourth-order valence-corrected chi connectivity index (χ4v) is 3.46. The molecule has 1 aliphatic rings. The van der Waals surface area contributed by atoms with Crippen LogP contribution in [0.5, 0.6) is 0 Å². The van der Waals surface area contributed by atoms with Crippen LogP contribution in [-0.4, -0.2) is 44.7 Å². The van der Waals surface area contributed by atoms with Gasteiger partial charge in [0.25, 0.3) is 5.91 Å². The highest BCUT2D eigenvalue weighted by Crippen LogP contribution is 2.27. The van der Waals surface area contributed by atoms with Gasteiger partial charge in [0.15, 0.2) is 11.3 Å². The van der Waals surface area contributed by atoms with Crippen LogP contribution in [0.15, 0.2) is 36.4 Å². The smallest absolute Gasteiger partial charge is 0.354 e. The van der Waals surface area contributed by atoms with Gasteiger partial charge in [-0.15, -0.1) is 5.10 Å². The molecular weight excluding hydrogens is 377 g/mol. The van der Waals surface area contributed by atoms with E-state index >= 15 is 0 Å². The molecule has 0 atom stereocenters. The van der Waals surface area contributed by atoms with E-state index in [2.05, 4.69) is 27.2 Å². The van der Waals surface area contributed by atoms with Crippen LogP contribution in [0.2, 0.25) is 0 Å². The number of carboxylic acid groups (broad SMARTS) is 1. The average molecular weight is 397 g/mol. The molecule has 4 rings (SSSR count). The van der Waals surface area contributed by atoms with Crippen LogP contribution in [0.25, 0.3) is 5.65 Å². The van der Waals surface area contributed by atoms with Crippen LogP contribution < -0.4 is 10.2 Å². The van der Waals surface area contributed by atoms with Crippen molar-refractivity contribution in [1.82, 2.24) is 14.6 Å². The number of aromatic carboxylic acids is 1. The van der Waals surface area contributed by atoms with Gasteiger partial charge in [0.05, 0.1) is 5.69 Å². The number of halogens is 1. The number of carbonyl (C=O) groups excluding carboxylic acids is 1. The van der Waals surface area contributed by atoms with Crippen molar-refractivity contribution in [3.8, 4) is 0 Å². The molecule has 1 aliphatic heterocycles. The van der Waals surface area contributed by atoms with Gasteiger partial charge in [0, 0.05) is 18.7 Å². The van der Waals surface area contributed by atoms with Gasteiger partial charge >= 0.3 is 5.97 Å². The predicted molar refractivity (Wildman–Crippen MR) is 105 cm³/mol. The Bertz CT molecular complexity index is 1090. The summed E-state index contributed by atoms with van der Waals surface area (Å²) in [5.74, 6) is -1.66. The first-order valence-electron chi connectivity index (χ1n) is 9.37. The number of nitrogens with one attached hydrogen (secondary N) is 1. The van der Waals surface area contributed by atoms with E-state index in [-0.39, 0.29) is 17.2 Å². The highest BCUT2D eigenvalue weighted by molar-refractivity contribution is 6.03. The molecule has 3 aromatic rings. The molecule has 150 valence electrons. The Morgan fingerprint density at radius 1 is 1.21 bits per heavy atom. The topological polar surface area (TPSA) is 99.8 Å². The molecule has 1 amide bonds. The summed E-state index contributed by atoms with van der Waals surface area (Å²) in [5, 5.41) is 16.2. The third-order valence-corrected chi connectivity index (χ3v) is 5.12. The van der Waals surface area contributed by atoms with E-state index < -0.39 is 17.7 Å². The van der Waals surface area contributed by atoms with Crippen molar-refractivity contribution in [1.29, 1.82) is 0 Å². The Morgan fingerprint density at radius 2 is 1.97 bits per heavy atom. The number of piperidine rings is 1. The second-order valence-electron chi connectivity index (χ2n) is 7.21. The molecule has 0 bridgehead atoms. The molecule has 2 aromatic heterocycles. The average Bonchev–Trinajstić information content (AvgIpc) is 3.11. The molecule has 1 saturated heterocycles. The van der Waals surface area contributed by atoms with Crippen LogP contribution in [0.3, 0.4) is 0 Å². The van der Waals surface area contributed by atoms with Crippen LogP contribution in [-0.2, 0) is 0 Å². The zero-order valence-corrected chi connectivity index (χ0v) is 15.8. The minimum absolute atomic E-state index is 0.0420. The van der Waals surface area contributed by atoms with Crippen molar-refractivity contribution in [3.05, 3.63) is 53.5 Å². The SMILES string of the molecule is CC1CCN(c2ccc(C(=O)O)n3nc(NC(=O)c4cccc(F)c4)nc23)CC1. The lowest BCUT2D eigenvalue weighted by molar-refractivity contribution is 0.0687. The maximum Gasteiger partial charge on any atom is 0.354 e. The Morgan fingerprint density at radius 3 is 2.66 bits per heavy atom. The number of hydrogen-bond donors (Lipinski definition) is 2. The second kappa shape index (κ2) is 7.50. The number of carbonyl (C=O) groups is 2. The Balaban J connectivity index is 1.70. The van der Waals surface area contributed by atoms with Gasteiger partial charge in [0.1, 0.15) is 5.82 Å². The number of fused-ring (bicyclic) bond motifs is 1. The van der Waals surface area contributed by atoms with Gasteiger partial charge in [0.2, 0.25) is 5.95 Å². The van der Waals surface area contributed by atoms with Gasteiger partial charge in [-0.3, -0.25) is 10.1 Å². The number of nitrogens with zero attached hydrogens (tertiary/aromatic N) is 4. The maximum absolute atomic E-state index is 13.4. The largest absolute Gasteiger partial charge is 0.477 e. The Kier molecular flexibility index (Phi) is 4.87. The number of aromatic nitrogens is 3. The number of amides is 1. The van der Waals surface area contributed by atoms with Gasteiger partial charge in [-0.25, -0.2) is 13.7 Å². The van der Waals surface area contributed by atoms with Crippen molar-refractivity contribution in [2.45, 2.75) is 19.8 Å². The summed E-state index contributed by atoms with van der Waals surface area (Å²) in [6.45, 7) is 3.87. The molecule has 0 aliphatic carbocycles. The van der Waals surface area contributed by atoms with E-state index in [1.54, 1.807) is 6.07 Å². The van der Waals surface area contributed by atoms with Crippen molar-refractivity contribution < 1.29 is 19.1 Å². The zero-order valence-electron chi connectivity index (χ0n) is 15.8. The lowest BCUT2D eigenvalue weighted by Gasteiger charge is -2.32. The summed E-state index contributed by atoms with van der Waals surface area (Å²) >= 11 is 0. The summed E-state index contributed by atoms with van der Waals surface area (Å²) < 4.78 is 14.6. The number of anilines is 2. The van der Waals surface area contributed by atoms with Gasteiger partial charge in [-0.1, -0.05) is 13.0 Å². The summed E-state index contributed by atoms with van der Waals surface area (Å²) in [6, 6.07) is 8.45. The fourth-order valence-electron chi connectivity index (χ4n) is 3.46. The highest BCUT2D eigenvalue weighted by atomic mass is 19.1. The van der Waals surface area contributed by atoms with E-state index in [9.17, 15) is 19.1 Å². The number of hydrogen-bond acceptors (Lipinski definition) is 5. The Hall–Kier alpha value is -3.49. The molecule has 0 radical (unpaired) electrons. The van der Waals surface area contributed by atoms with Crippen LogP contribution >= 0.6 is 0 Å². The third kappa shape index (κ3) is 3.75. The molecule has 1 aromatic carbocycles. The molecule has 8 nitrogen and oxygen atoms in total. The molecular formula is C20H20FN5O3. The lowest BCUT2D eigenvalue weighted by atomic mass is 9.99. The highest BCUT2D eigenvalue weighted by Gasteiger charge is 2.23. The monoisotopic (exact) mass is 397 g/mol. The molecule has 29 heavy (non-hydrogen) atoms. The van der Waals surface area contributed by atoms with Gasteiger partial charge in [-0.05, 0) is 49.1 Å². The summed E-state index contributed by atoms with van der Waals surface area (Å²) in [4.78, 5) is 30.5. The van der Waals surface area contributed by atoms with Crippen LogP contribution in [0, 0.1) is 11.7 Å². The summed E-state index contributed by atoms with van der Waals surface area (Å²) in [6.07, 6.45) is 2.06. The molecule has 0 saturated carbocycles. The first-order chi connectivity index (χ1) is 13.9. The van der Waals surface area contributed by atoms with Crippen molar-refractivity contribution in [3.63, 3.8) is 0 Å². The number of rotatable bonds is 4. The summed E-state index contributed by atoms with van der Waals surface area (Å²) in [5.41, 5.74) is 1.18. The molecule has 9 heteroatoms. The van der Waals surface area contributed by atoms with E-state index in [1.165, 1.54) is 28.8 Å². The molecule has 1 fully saturated rings. The Labute approximate surface area is 166 Å². The maximum atomic E-state index is 13.4. The second-order valence-corrected chi connectivity index (χ2v) is 7.21. The quantitative estimate of drug-likeness (QED) is 0.702. The number of pyridine rings is 1. The first-order valence-corrected chi connectivity index (χ1v) is 9.37. The van der Waals surface area contributed by atoms with Crippen molar-refractivity contribution in [2.75, 3.05) is 23.3 Å². The van der Waals surface area contributed by atoms with E-state index in [1.807, 2.05) is 0 Å². The molecule has 0 spiro atoms. The third-order valence-electron chi connectivity index (χ3n) is 5.12. The van der Waals surface area contributed by atoms with E-state index in [0.717, 1.165) is 37.7 Å². The minimum Gasteiger partial charge on any atom is -0.477 e. The first kappa shape index (κ1) is 18.9. The number of carboxylic acids is 1. The minimum atomic E-state index is -1.15. The molecule has 2 N–H and O–H groups in total. The molecule has 3 heterocycles. The fraction of sp³-hybridized carbons (Fsp3) is 0.300. The van der Waals surface area contributed by atoms with Crippen LogP contribution in [0.4, 0.5) is 16.0 Å². The van der Waals surface area contributed by atoms with Gasteiger partial charge < -0.3 is 10.0 Å². The zero-order chi connectivity index (χ0) is 20.5. The normalized spacial score (nSPS) is 14.9.